The van der Waals surface area contributed by atoms with Crippen molar-refractivity contribution in [2.24, 2.45) is 0 Å². The molecular weight excluding hydrogens is 178 g/mol. The minimum absolute atomic E-state index is 0.0711. The van der Waals surface area contributed by atoms with Gasteiger partial charge in [-0.15, -0.1) is 0 Å². The third-order valence-electron chi connectivity index (χ3n) is 0.907. The van der Waals surface area contributed by atoms with Gasteiger partial charge >= 0.3 is 0 Å². The van der Waals surface area contributed by atoms with E-state index >= 15 is 0 Å². The van der Waals surface area contributed by atoms with Crippen LogP contribution in [0, 0.1) is 5.21 Å². The Labute approximate surface area is 75.4 Å². The second-order valence-corrected chi connectivity index (χ2v) is 3.00. The molecule has 0 atom stereocenters. The van der Waals surface area contributed by atoms with Crippen LogP contribution >= 0.6 is 11.8 Å². The molecule has 68 valence electrons. The number of rotatable bonds is 4. The van der Waals surface area contributed by atoms with Crippen LogP contribution in [-0.4, -0.2) is 29.1 Å². The van der Waals surface area contributed by atoms with Crippen LogP contribution in [0.3, 0.4) is 0 Å². The average molecular weight is 189 g/mol. The molecule has 0 aromatic heterocycles. The first-order valence-electron chi connectivity index (χ1n) is 3.39. The molecule has 0 aliphatic rings. The summed E-state index contributed by atoms with van der Waals surface area (Å²) < 4.78 is 0. The smallest absolute Gasteiger partial charge is 0.233 e. The fraction of sp³-hybridized carbons (Fsp3) is 0.429. The Kier molecular flexibility index (Phi) is 6.18. The molecule has 0 heterocycles. The first-order valence-corrected chi connectivity index (χ1v) is 4.38. The lowest BCUT2D eigenvalue weighted by Gasteiger charge is -1.92. The molecule has 12 heavy (non-hydrogen) atoms. The second-order valence-electron chi connectivity index (χ2n) is 1.73. The summed E-state index contributed by atoms with van der Waals surface area (Å²) >= 11 is 1.18. The van der Waals surface area contributed by atoms with Crippen molar-refractivity contribution in [3.05, 3.63) is 17.4 Å². The van der Waals surface area contributed by atoms with Gasteiger partial charge in [-0.3, -0.25) is 10.0 Å². The summed E-state index contributed by atoms with van der Waals surface area (Å²) in [5, 5.41) is 10.3. The standard InChI is InChI=1S/C7H11NO3S/c1-3-12-7(9)5-4-6-8(10)11-2/h4-6H,3H2,1-2H3/b5-4+,8-6+. The van der Waals surface area contributed by atoms with E-state index in [1.165, 1.54) is 31.0 Å². The first-order chi connectivity index (χ1) is 5.70. The molecule has 4 nitrogen and oxygen atoms in total. The van der Waals surface area contributed by atoms with Gasteiger partial charge < -0.3 is 4.84 Å². The zero-order chi connectivity index (χ0) is 9.40. The molecule has 0 aliphatic carbocycles. The monoisotopic (exact) mass is 189 g/mol. The van der Waals surface area contributed by atoms with Crippen LogP contribution in [0.15, 0.2) is 12.2 Å². The number of hydrogen-bond acceptors (Lipinski definition) is 4. The second kappa shape index (κ2) is 6.72. The number of thioether (sulfide) groups is 1. The van der Waals surface area contributed by atoms with E-state index in [-0.39, 0.29) is 10.0 Å². The summed E-state index contributed by atoms with van der Waals surface area (Å²) in [6, 6.07) is 0. The van der Waals surface area contributed by atoms with E-state index in [1.54, 1.807) is 0 Å². The topological polar surface area (TPSA) is 52.4 Å². The number of hydrogen-bond donors (Lipinski definition) is 0. The molecule has 0 saturated heterocycles. The Hall–Kier alpha value is -0.970. The third kappa shape index (κ3) is 5.79. The van der Waals surface area contributed by atoms with Crippen LogP contribution in [0.25, 0.3) is 0 Å². The molecule has 0 spiro atoms. The SMILES string of the molecule is CCSC(=O)/C=C/C=[N+](\[O-])OC. The lowest BCUT2D eigenvalue weighted by atomic mass is 10.5. The Morgan fingerprint density at radius 2 is 2.42 bits per heavy atom. The first kappa shape index (κ1) is 11.0. The molecule has 0 aromatic rings. The molecule has 0 amide bonds. The van der Waals surface area contributed by atoms with Gasteiger partial charge in [0.05, 0.1) is 0 Å². The molecule has 0 aromatic carbocycles. The molecule has 0 bridgehead atoms. The summed E-state index contributed by atoms with van der Waals surface area (Å²) in [5.41, 5.74) is 0. The van der Waals surface area contributed by atoms with Crippen LogP contribution in [0.2, 0.25) is 0 Å². The van der Waals surface area contributed by atoms with E-state index in [1.807, 2.05) is 6.92 Å². The van der Waals surface area contributed by atoms with E-state index in [9.17, 15) is 10.0 Å². The van der Waals surface area contributed by atoms with Gasteiger partial charge in [0.2, 0.25) is 11.3 Å². The van der Waals surface area contributed by atoms with Gasteiger partial charge in [0.1, 0.15) is 0 Å². The van der Waals surface area contributed by atoms with Crippen LogP contribution in [-0.2, 0) is 9.63 Å². The van der Waals surface area contributed by atoms with Crippen LogP contribution < -0.4 is 0 Å². The molecule has 0 saturated carbocycles. The van der Waals surface area contributed by atoms with Crippen molar-refractivity contribution in [2.75, 3.05) is 12.9 Å². The number of carbonyl (C=O) groups excluding carboxylic acids is 1. The summed E-state index contributed by atoms with van der Waals surface area (Å²) in [6.45, 7) is 1.88. The molecule has 0 rings (SSSR count). The van der Waals surface area contributed by atoms with E-state index in [2.05, 4.69) is 4.84 Å². The van der Waals surface area contributed by atoms with E-state index in [4.69, 9.17) is 0 Å². The normalized spacial score (nSPS) is 12.0. The largest absolute Gasteiger partial charge is 0.407 e. The fourth-order valence-corrected chi connectivity index (χ4v) is 0.902. The minimum Gasteiger partial charge on any atom is -0.407 e. The van der Waals surface area contributed by atoms with E-state index in [0.717, 1.165) is 12.0 Å². The van der Waals surface area contributed by atoms with E-state index < -0.39 is 0 Å². The Bertz CT molecular complexity index is 201. The maximum atomic E-state index is 10.8. The van der Waals surface area contributed by atoms with Gasteiger partial charge in [0, 0.05) is 18.1 Å². The van der Waals surface area contributed by atoms with Crippen LogP contribution in [0.5, 0.6) is 0 Å². The molecule has 0 N–H and O–H groups in total. The van der Waals surface area contributed by atoms with Gasteiger partial charge in [-0.2, -0.15) is 0 Å². The van der Waals surface area contributed by atoms with Crippen molar-refractivity contribution in [2.45, 2.75) is 6.92 Å². The summed E-state index contributed by atoms with van der Waals surface area (Å²) in [4.78, 5) is 15.3. The summed E-state index contributed by atoms with van der Waals surface area (Å²) in [7, 11) is 1.25. The van der Waals surface area contributed by atoms with Gasteiger partial charge in [0.15, 0.2) is 0 Å². The maximum Gasteiger partial charge on any atom is 0.233 e. The van der Waals surface area contributed by atoms with Crippen molar-refractivity contribution >= 4 is 23.1 Å². The molecule has 0 fully saturated rings. The van der Waals surface area contributed by atoms with Gasteiger partial charge in [-0.25, -0.2) is 0 Å². The van der Waals surface area contributed by atoms with Crippen molar-refractivity contribution in [3.8, 4) is 0 Å². The zero-order valence-corrected chi connectivity index (χ0v) is 7.84. The fourth-order valence-electron chi connectivity index (χ4n) is 0.443. The predicted octanol–water partition coefficient (Wildman–Crippen LogP) is 0.965. The highest BCUT2D eigenvalue weighted by atomic mass is 32.2. The van der Waals surface area contributed by atoms with Crippen molar-refractivity contribution in [1.82, 2.24) is 0 Å². The highest BCUT2D eigenvalue weighted by molar-refractivity contribution is 8.14. The molecule has 0 unspecified atom stereocenters. The minimum atomic E-state index is -0.0711. The highest BCUT2D eigenvalue weighted by Gasteiger charge is 1.92. The predicted molar refractivity (Wildman–Crippen MR) is 49.0 cm³/mol. The Morgan fingerprint density at radius 3 is 2.92 bits per heavy atom. The van der Waals surface area contributed by atoms with Crippen molar-refractivity contribution in [3.63, 3.8) is 0 Å². The van der Waals surface area contributed by atoms with Gasteiger partial charge in [-0.05, 0) is 11.8 Å². The van der Waals surface area contributed by atoms with Crippen LogP contribution in [0.1, 0.15) is 6.92 Å². The number of allylic oxidation sites excluding steroid dienone is 1. The quantitative estimate of drug-likeness (QED) is 0.286. The average Bonchev–Trinajstić information content (AvgIpc) is 2.04. The summed E-state index contributed by atoms with van der Waals surface area (Å²) in [6.07, 6.45) is 3.79. The summed E-state index contributed by atoms with van der Waals surface area (Å²) in [5.74, 6) is 0.731. The number of carbonyl (C=O) groups is 1. The van der Waals surface area contributed by atoms with Crippen LogP contribution in [0.4, 0.5) is 0 Å². The molecule has 0 radical (unpaired) electrons. The highest BCUT2D eigenvalue weighted by Crippen LogP contribution is 2.00. The Balaban J connectivity index is 3.83. The molecule has 5 heteroatoms. The lowest BCUT2D eigenvalue weighted by Crippen LogP contribution is -2.00. The number of nitrogens with zero attached hydrogens (tertiary/aromatic N) is 1. The van der Waals surface area contributed by atoms with E-state index in [0.29, 0.717) is 0 Å². The molecular formula is C7H11NO3S. The third-order valence-corrected chi connectivity index (χ3v) is 1.62. The zero-order valence-electron chi connectivity index (χ0n) is 7.02. The van der Waals surface area contributed by atoms with Gasteiger partial charge in [0.25, 0.3) is 0 Å². The lowest BCUT2D eigenvalue weighted by molar-refractivity contribution is -0.729. The Morgan fingerprint density at radius 1 is 1.75 bits per heavy atom. The van der Waals surface area contributed by atoms with Crippen molar-refractivity contribution in [1.29, 1.82) is 0 Å². The maximum absolute atomic E-state index is 10.8. The van der Waals surface area contributed by atoms with Gasteiger partial charge in [-0.1, -0.05) is 18.7 Å². The molecule has 0 aliphatic heterocycles. The van der Waals surface area contributed by atoms with Crippen molar-refractivity contribution < 1.29 is 14.5 Å².